The van der Waals surface area contributed by atoms with E-state index in [4.69, 9.17) is 9.47 Å². The molecule has 3 aromatic rings. The maximum Gasteiger partial charge on any atom is 0.408 e. The molecule has 5 rings (SSSR count). The Balaban J connectivity index is 1.30. The lowest BCUT2D eigenvalue weighted by atomic mass is 9.89. The van der Waals surface area contributed by atoms with Gasteiger partial charge in [0.25, 0.3) is 17.7 Å². The summed E-state index contributed by atoms with van der Waals surface area (Å²) in [5.41, 5.74) is 0.276. The summed E-state index contributed by atoms with van der Waals surface area (Å²) in [5, 5.41) is 10.7. The van der Waals surface area contributed by atoms with Gasteiger partial charge in [-0.15, -0.1) is 11.3 Å². The Morgan fingerprint density at radius 3 is 2.36 bits per heavy atom. The second-order valence-electron chi connectivity index (χ2n) is 12.1. The Bertz CT molecular complexity index is 1520. The molecule has 11 nitrogen and oxygen atoms in total. The standard InChI is InChI=1S/C32H37N5O6S/c1-31(2,3)43-30(41)36-32(4,22-8-6-5-7-9-22)28(40)37-16-17-42-18-25(37)27(39)35-29-34-24(19-44-29)20-10-12-21(13-11-20)26(38)33-23-14-15-23/h5-13,19,23,25H,14-18H2,1-4H3,(H,33,38)(H,36,41)(H,34,35,39)/t25-,32+/m0/s1. The molecule has 1 saturated heterocycles. The molecule has 12 heteroatoms. The van der Waals surface area contributed by atoms with Crippen molar-refractivity contribution < 1.29 is 28.7 Å². The van der Waals surface area contributed by atoms with E-state index in [1.165, 1.54) is 16.2 Å². The van der Waals surface area contributed by atoms with Crippen LogP contribution in [0.2, 0.25) is 0 Å². The highest BCUT2D eigenvalue weighted by Gasteiger charge is 2.45. The van der Waals surface area contributed by atoms with Crippen LogP contribution in [0.15, 0.2) is 60.0 Å². The zero-order valence-electron chi connectivity index (χ0n) is 25.2. The number of thiazole rings is 1. The normalized spacial score (nSPS) is 18.1. The van der Waals surface area contributed by atoms with Crippen LogP contribution in [0, 0.1) is 0 Å². The van der Waals surface area contributed by atoms with E-state index >= 15 is 0 Å². The number of hydrogen-bond acceptors (Lipinski definition) is 8. The summed E-state index contributed by atoms with van der Waals surface area (Å²) in [5.74, 6) is -1.02. The maximum absolute atomic E-state index is 14.2. The van der Waals surface area contributed by atoms with Gasteiger partial charge < -0.3 is 30.3 Å². The highest BCUT2D eigenvalue weighted by atomic mass is 32.1. The Morgan fingerprint density at radius 2 is 1.70 bits per heavy atom. The monoisotopic (exact) mass is 619 g/mol. The Labute approximate surface area is 260 Å². The van der Waals surface area contributed by atoms with Crippen LogP contribution in [0.25, 0.3) is 11.3 Å². The molecule has 0 unspecified atom stereocenters. The van der Waals surface area contributed by atoms with Crippen molar-refractivity contribution in [1.29, 1.82) is 0 Å². The summed E-state index contributed by atoms with van der Waals surface area (Å²) >= 11 is 1.25. The number of alkyl carbamates (subject to hydrolysis) is 1. The van der Waals surface area contributed by atoms with Crippen molar-refractivity contribution in [1.82, 2.24) is 20.5 Å². The molecule has 2 aliphatic rings. The first kappa shape index (κ1) is 31.1. The molecule has 0 bridgehead atoms. The number of carbonyl (C=O) groups is 4. The molecule has 2 atom stereocenters. The van der Waals surface area contributed by atoms with E-state index in [-0.39, 0.29) is 31.7 Å². The molecule has 2 heterocycles. The molecule has 1 aliphatic heterocycles. The third-order valence-corrected chi connectivity index (χ3v) is 8.07. The van der Waals surface area contributed by atoms with Gasteiger partial charge in [-0.2, -0.15) is 0 Å². The van der Waals surface area contributed by atoms with Gasteiger partial charge in [-0.1, -0.05) is 42.5 Å². The number of aromatic nitrogens is 1. The summed E-state index contributed by atoms with van der Waals surface area (Å²) in [4.78, 5) is 58.9. The fraction of sp³-hybridized carbons (Fsp3) is 0.406. The van der Waals surface area contributed by atoms with Crippen LogP contribution in [-0.4, -0.2) is 71.1 Å². The predicted molar refractivity (Wildman–Crippen MR) is 166 cm³/mol. The highest BCUT2D eigenvalue weighted by Crippen LogP contribution is 2.29. The van der Waals surface area contributed by atoms with Gasteiger partial charge in [-0.05, 0) is 58.2 Å². The lowest BCUT2D eigenvalue weighted by Gasteiger charge is -2.41. The molecule has 4 amide bonds. The Morgan fingerprint density at radius 1 is 1.00 bits per heavy atom. The van der Waals surface area contributed by atoms with Crippen LogP contribution in [0.5, 0.6) is 0 Å². The number of morpholine rings is 1. The fourth-order valence-corrected chi connectivity index (χ4v) is 5.54. The van der Waals surface area contributed by atoms with Crippen molar-refractivity contribution in [2.75, 3.05) is 25.1 Å². The quantitative estimate of drug-likeness (QED) is 0.342. The van der Waals surface area contributed by atoms with Crippen molar-refractivity contribution in [3.8, 4) is 11.3 Å². The number of nitrogens with one attached hydrogen (secondary N) is 3. The molecule has 0 spiro atoms. The first-order valence-corrected chi connectivity index (χ1v) is 15.4. The summed E-state index contributed by atoms with van der Waals surface area (Å²) in [6.07, 6.45) is 1.29. The minimum Gasteiger partial charge on any atom is -0.444 e. The molecule has 1 aliphatic carbocycles. The van der Waals surface area contributed by atoms with Crippen molar-refractivity contribution in [2.24, 2.45) is 0 Å². The largest absolute Gasteiger partial charge is 0.444 e. The van der Waals surface area contributed by atoms with Crippen LogP contribution in [0.3, 0.4) is 0 Å². The van der Waals surface area contributed by atoms with Gasteiger partial charge >= 0.3 is 6.09 Å². The van der Waals surface area contributed by atoms with E-state index in [0.29, 0.717) is 22.0 Å². The number of hydrogen-bond donors (Lipinski definition) is 3. The van der Waals surface area contributed by atoms with Gasteiger partial charge in [-0.3, -0.25) is 14.4 Å². The minimum atomic E-state index is -1.52. The number of benzene rings is 2. The third-order valence-electron chi connectivity index (χ3n) is 7.31. The van der Waals surface area contributed by atoms with E-state index in [1.807, 2.05) is 23.6 Å². The van der Waals surface area contributed by atoms with Crippen LogP contribution in [-0.2, 0) is 24.6 Å². The molecule has 44 heavy (non-hydrogen) atoms. The summed E-state index contributed by atoms with van der Waals surface area (Å²) in [7, 11) is 0. The summed E-state index contributed by atoms with van der Waals surface area (Å²) in [6, 6.07) is 15.3. The number of rotatable bonds is 8. The third kappa shape index (κ3) is 7.43. The maximum atomic E-state index is 14.2. The van der Waals surface area contributed by atoms with Crippen LogP contribution < -0.4 is 16.0 Å². The number of nitrogens with zero attached hydrogens (tertiary/aromatic N) is 2. The average Bonchev–Trinajstić information content (AvgIpc) is 3.69. The van der Waals surface area contributed by atoms with E-state index < -0.39 is 35.1 Å². The summed E-state index contributed by atoms with van der Waals surface area (Å²) < 4.78 is 11.1. The van der Waals surface area contributed by atoms with E-state index in [2.05, 4.69) is 20.9 Å². The van der Waals surface area contributed by atoms with E-state index in [9.17, 15) is 19.2 Å². The zero-order chi connectivity index (χ0) is 31.5. The number of ether oxygens (including phenoxy) is 2. The highest BCUT2D eigenvalue weighted by molar-refractivity contribution is 7.14. The van der Waals surface area contributed by atoms with Crippen molar-refractivity contribution in [2.45, 2.75) is 63.8 Å². The molecule has 2 aromatic carbocycles. The summed E-state index contributed by atoms with van der Waals surface area (Å²) in [6.45, 7) is 7.20. The molecule has 232 valence electrons. The second-order valence-corrected chi connectivity index (χ2v) is 12.9. The Kier molecular flexibility index (Phi) is 9.02. The molecule has 3 N–H and O–H groups in total. The first-order valence-electron chi connectivity index (χ1n) is 14.6. The van der Waals surface area contributed by atoms with Gasteiger partial charge in [0.2, 0.25) is 0 Å². The van der Waals surface area contributed by atoms with Crippen LogP contribution in [0.1, 0.15) is 56.5 Å². The zero-order valence-corrected chi connectivity index (χ0v) is 26.0. The van der Waals surface area contributed by atoms with Crippen LogP contribution in [0.4, 0.5) is 9.93 Å². The Hall–Kier alpha value is -4.29. The first-order chi connectivity index (χ1) is 20.9. The lowest BCUT2D eigenvalue weighted by Crippen LogP contribution is -2.62. The average molecular weight is 620 g/mol. The fourth-order valence-electron chi connectivity index (χ4n) is 4.82. The molecule has 1 aromatic heterocycles. The van der Waals surface area contributed by atoms with Gasteiger partial charge in [0.15, 0.2) is 5.13 Å². The van der Waals surface area contributed by atoms with Gasteiger partial charge in [-0.25, -0.2) is 9.78 Å². The van der Waals surface area contributed by atoms with E-state index in [1.54, 1.807) is 64.1 Å². The molecular formula is C32H37N5O6S. The lowest BCUT2D eigenvalue weighted by molar-refractivity contribution is -0.151. The topological polar surface area (TPSA) is 139 Å². The molecular weight excluding hydrogens is 582 g/mol. The molecule has 0 radical (unpaired) electrons. The van der Waals surface area contributed by atoms with Gasteiger partial charge in [0, 0.05) is 29.1 Å². The smallest absolute Gasteiger partial charge is 0.408 e. The predicted octanol–water partition coefficient (Wildman–Crippen LogP) is 4.31. The molecule has 1 saturated carbocycles. The number of carbonyl (C=O) groups excluding carboxylic acids is 4. The second kappa shape index (κ2) is 12.7. The SMILES string of the molecule is CC(C)(C)OC(=O)N[C@@](C)(C(=O)N1CCOC[C@H]1C(=O)Nc1nc(-c2ccc(C(=O)NC3CC3)cc2)cs1)c1ccccc1. The van der Waals surface area contributed by atoms with Crippen LogP contribution >= 0.6 is 11.3 Å². The van der Waals surface area contributed by atoms with Crippen molar-refractivity contribution >= 4 is 40.3 Å². The number of amides is 4. The van der Waals surface area contributed by atoms with E-state index in [0.717, 1.165) is 18.4 Å². The van der Waals surface area contributed by atoms with Crippen molar-refractivity contribution in [3.05, 3.63) is 71.1 Å². The minimum absolute atomic E-state index is 0.0164. The van der Waals surface area contributed by atoms with Gasteiger partial charge in [0.1, 0.15) is 17.2 Å². The van der Waals surface area contributed by atoms with Gasteiger partial charge in [0.05, 0.1) is 18.9 Å². The van der Waals surface area contributed by atoms with Crippen molar-refractivity contribution in [3.63, 3.8) is 0 Å². The molecule has 2 fully saturated rings. The number of anilines is 1.